The first-order chi connectivity index (χ1) is 9.34. The summed E-state index contributed by atoms with van der Waals surface area (Å²) in [6, 6.07) is -0.587. The monoisotopic (exact) mass is 281 g/mol. The van der Waals surface area contributed by atoms with E-state index in [0.717, 1.165) is 25.9 Å². The van der Waals surface area contributed by atoms with Gasteiger partial charge in [0.05, 0.1) is 0 Å². The van der Waals surface area contributed by atoms with Crippen molar-refractivity contribution in [1.82, 2.24) is 15.5 Å². The third kappa shape index (κ3) is 2.70. The van der Waals surface area contributed by atoms with Gasteiger partial charge >= 0.3 is 0 Å². The third-order valence-electron chi connectivity index (χ3n) is 4.55. The molecule has 2 rings (SSSR count). The third-order valence-corrected chi connectivity index (χ3v) is 4.55. The summed E-state index contributed by atoms with van der Waals surface area (Å²) in [5, 5.41) is 5.57. The second-order valence-corrected chi connectivity index (χ2v) is 6.29. The van der Waals surface area contributed by atoms with E-state index in [1.165, 1.54) is 4.90 Å². The van der Waals surface area contributed by atoms with Crippen molar-refractivity contribution >= 4 is 17.7 Å². The molecule has 2 fully saturated rings. The van der Waals surface area contributed by atoms with E-state index < -0.39 is 23.3 Å². The predicted octanol–water partition coefficient (Wildman–Crippen LogP) is -0.114. The normalized spacial score (nSPS) is 28.2. The number of piperazine rings is 1. The molecule has 0 saturated carbocycles. The Labute approximate surface area is 119 Å². The molecule has 2 N–H and O–H groups in total. The fraction of sp³-hybridized carbons (Fsp3) is 0.786. The second-order valence-electron chi connectivity index (χ2n) is 6.29. The largest absolute Gasteiger partial charge is 0.321 e. The molecule has 6 nitrogen and oxygen atoms in total. The summed E-state index contributed by atoms with van der Waals surface area (Å²) in [5.74, 6) is -0.677. The molecule has 3 amide bonds. The van der Waals surface area contributed by atoms with Crippen LogP contribution in [0.4, 0.5) is 0 Å². The first-order valence-corrected chi connectivity index (χ1v) is 7.19. The fourth-order valence-electron chi connectivity index (χ4n) is 2.97. The smallest absolute Gasteiger partial charge is 0.249 e. The number of rotatable bonds is 2. The van der Waals surface area contributed by atoms with Gasteiger partial charge in [0.15, 0.2) is 0 Å². The lowest BCUT2D eigenvalue weighted by Crippen LogP contribution is -2.62. The van der Waals surface area contributed by atoms with Crippen LogP contribution >= 0.6 is 0 Å². The molecule has 2 saturated heterocycles. The number of nitrogens with zero attached hydrogens (tertiary/aromatic N) is 1. The topological polar surface area (TPSA) is 78.5 Å². The average molecular weight is 281 g/mol. The van der Waals surface area contributed by atoms with Gasteiger partial charge in [-0.1, -0.05) is 13.8 Å². The standard InChI is InChI=1S/C14H23N3O3/c1-9-12(19)16-11(18)8-17(9)13(20)14(2,3)10-5-4-6-15-7-10/h9-10,15H,4-8H2,1-3H3,(H,16,18,19). The summed E-state index contributed by atoms with van der Waals surface area (Å²) in [7, 11) is 0. The summed E-state index contributed by atoms with van der Waals surface area (Å²) >= 11 is 0. The maximum absolute atomic E-state index is 12.8. The van der Waals surface area contributed by atoms with Gasteiger partial charge in [-0.05, 0) is 38.8 Å². The Morgan fingerprint density at radius 3 is 2.65 bits per heavy atom. The van der Waals surface area contributed by atoms with Crippen LogP contribution in [0.2, 0.25) is 0 Å². The molecule has 20 heavy (non-hydrogen) atoms. The van der Waals surface area contributed by atoms with Gasteiger partial charge in [0.1, 0.15) is 12.6 Å². The number of carbonyl (C=O) groups excluding carboxylic acids is 3. The summed E-state index contributed by atoms with van der Waals surface area (Å²) in [6.07, 6.45) is 2.05. The number of amides is 3. The molecule has 0 aliphatic carbocycles. The van der Waals surface area contributed by atoms with Crippen molar-refractivity contribution in [3.05, 3.63) is 0 Å². The van der Waals surface area contributed by atoms with Gasteiger partial charge in [-0.25, -0.2) is 0 Å². The van der Waals surface area contributed by atoms with Gasteiger partial charge in [0, 0.05) is 5.41 Å². The Hall–Kier alpha value is -1.43. The zero-order valence-corrected chi connectivity index (χ0v) is 12.4. The summed E-state index contributed by atoms with van der Waals surface area (Å²) in [6.45, 7) is 7.25. The highest BCUT2D eigenvalue weighted by atomic mass is 16.2. The molecule has 2 aliphatic rings. The van der Waals surface area contributed by atoms with Gasteiger partial charge < -0.3 is 10.2 Å². The highest BCUT2D eigenvalue weighted by Gasteiger charge is 2.44. The van der Waals surface area contributed by atoms with E-state index in [9.17, 15) is 14.4 Å². The van der Waals surface area contributed by atoms with Crippen molar-refractivity contribution in [2.24, 2.45) is 11.3 Å². The van der Waals surface area contributed by atoms with Gasteiger partial charge in [-0.3, -0.25) is 19.7 Å². The average Bonchev–Trinajstić information content (AvgIpc) is 2.43. The predicted molar refractivity (Wildman–Crippen MR) is 73.7 cm³/mol. The Kier molecular flexibility index (Phi) is 4.13. The highest BCUT2D eigenvalue weighted by molar-refractivity contribution is 6.04. The summed E-state index contributed by atoms with van der Waals surface area (Å²) < 4.78 is 0. The SMILES string of the molecule is CC1C(=O)NC(=O)CN1C(=O)C(C)(C)C1CCCNC1. The van der Waals surface area contributed by atoms with Gasteiger partial charge in [-0.2, -0.15) is 0 Å². The van der Waals surface area contributed by atoms with E-state index in [1.54, 1.807) is 6.92 Å². The number of hydrogen-bond acceptors (Lipinski definition) is 4. The van der Waals surface area contributed by atoms with E-state index >= 15 is 0 Å². The lowest BCUT2D eigenvalue weighted by Gasteiger charge is -2.42. The number of piperidine rings is 1. The van der Waals surface area contributed by atoms with Gasteiger partial charge in [0.25, 0.3) is 0 Å². The van der Waals surface area contributed by atoms with Crippen molar-refractivity contribution in [1.29, 1.82) is 0 Å². The van der Waals surface area contributed by atoms with Gasteiger partial charge in [0.2, 0.25) is 17.7 Å². The number of carbonyl (C=O) groups is 3. The molecule has 6 heteroatoms. The maximum Gasteiger partial charge on any atom is 0.249 e. The zero-order chi connectivity index (χ0) is 14.9. The van der Waals surface area contributed by atoms with Crippen molar-refractivity contribution < 1.29 is 14.4 Å². The van der Waals surface area contributed by atoms with Crippen LogP contribution in [-0.4, -0.2) is 48.3 Å². The molecule has 2 aliphatic heterocycles. The Morgan fingerprint density at radius 2 is 2.05 bits per heavy atom. The van der Waals surface area contributed by atoms with Crippen molar-refractivity contribution in [2.75, 3.05) is 19.6 Å². The summed E-state index contributed by atoms with van der Waals surface area (Å²) in [5.41, 5.74) is -0.570. The van der Waals surface area contributed by atoms with Crippen LogP contribution in [0.1, 0.15) is 33.6 Å². The highest BCUT2D eigenvalue weighted by Crippen LogP contribution is 2.34. The van der Waals surface area contributed by atoms with Crippen LogP contribution in [-0.2, 0) is 14.4 Å². The number of nitrogens with one attached hydrogen (secondary N) is 2. The molecule has 0 aromatic rings. The van der Waals surface area contributed by atoms with Gasteiger partial charge in [-0.15, -0.1) is 0 Å². The number of imide groups is 1. The van der Waals surface area contributed by atoms with E-state index in [-0.39, 0.29) is 18.4 Å². The van der Waals surface area contributed by atoms with E-state index in [0.29, 0.717) is 0 Å². The minimum absolute atomic E-state index is 0.0324. The molecule has 2 atom stereocenters. The molecule has 0 aromatic carbocycles. The maximum atomic E-state index is 12.8. The first kappa shape index (κ1) is 15.0. The fourth-order valence-corrected chi connectivity index (χ4v) is 2.97. The second kappa shape index (κ2) is 5.52. The molecule has 2 unspecified atom stereocenters. The van der Waals surface area contributed by atoms with Crippen molar-refractivity contribution in [3.8, 4) is 0 Å². The Bertz CT molecular complexity index is 427. The van der Waals surface area contributed by atoms with E-state index in [1.807, 2.05) is 13.8 Å². The molecule has 112 valence electrons. The van der Waals surface area contributed by atoms with Crippen LogP contribution in [0.5, 0.6) is 0 Å². The Balaban J connectivity index is 2.15. The lowest BCUT2D eigenvalue weighted by molar-refractivity contribution is -0.156. The molecular weight excluding hydrogens is 258 g/mol. The minimum Gasteiger partial charge on any atom is -0.321 e. The quantitative estimate of drug-likeness (QED) is 0.692. The molecule has 0 radical (unpaired) electrons. The van der Waals surface area contributed by atoms with Crippen LogP contribution in [0, 0.1) is 11.3 Å². The first-order valence-electron chi connectivity index (χ1n) is 7.19. The van der Waals surface area contributed by atoms with Crippen molar-refractivity contribution in [3.63, 3.8) is 0 Å². The molecule has 0 spiro atoms. The van der Waals surface area contributed by atoms with E-state index in [2.05, 4.69) is 10.6 Å². The minimum atomic E-state index is -0.587. The zero-order valence-electron chi connectivity index (χ0n) is 12.4. The van der Waals surface area contributed by atoms with Crippen molar-refractivity contribution in [2.45, 2.75) is 39.7 Å². The number of hydrogen-bond donors (Lipinski definition) is 2. The molecule has 2 heterocycles. The lowest BCUT2D eigenvalue weighted by atomic mass is 9.73. The summed E-state index contributed by atoms with van der Waals surface area (Å²) in [4.78, 5) is 37.4. The van der Waals surface area contributed by atoms with Crippen LogP contribution in [0.25, 0.3) is 0 Å². The molecule has 0 bridgehead atoms. The molecule has 0 aromatic heterocycles. The van der Waals surface area contributed by atoms with Crippen LogP contribution in [0.3, 0.4) is 0 Å². The van der Waals surface area contributed by atoms with Crippen LogP contribution < -0.4 is 10.6 Å². The van der Waals surface area contributed by atoms with E-state index in [4.69, 9.17) is 0 Å². The molecular formula is C14H23N3O3. The van der Waals surface area contributed by atoms with Crippen LogP contribution in [0.15, 0.2) is 0 Å². The Morgan fingerprint density at radius 1 is 1.35 bits per heavy atom.